The summed E-state index contributed by atoms with van der Waals surface area (Å²) in [6.45, 7) is 5.37. The van der Waals surface area contributed by atoms with Gasteiger partial charge in [-0.1, -0.05) is 18.2 Å². The molecule has 0 unspecified atom stereocenters. The number of hydrogen-bond acceptors (Lipinski definition) is 2. The fourth-order valence-corrected chi connectivity index (χ4v) is 3.07. The van der Waals surface area contributed by atoms with Crippen molar-refractivity contribution in [2.75, 3.05) is 27.2 Å². The predicted octanol–water partition coefficient (Wildman–Crippen LogP) is 2.63. The summed E-state index contributed by atoms with van der Waals surface area (Å²) in [5.41, 5.74) is 3.76. The Labute approximate surface area is 138 Å². The minimum absolute atomic E-state index is 0.0257. The topological polar surface area (TPSA) is 52.7 Å². The van der Waals surface area contributed by atoms with E-state index in [-0.39, 0.29) is 18.0 Å². The van der Waals surface area contributed by atoms with Gasteiger partial charge in [-0.25, -0.2) is 4.79 Å². The van der Waals surface area contributed by atoms with Gasteiger partial charge in [0.2, 0.25) is 5.91 Å². The van der Waals surface area contributed by atoms with Crippen molar-refractivity contribution >= 4 is 11.9 Å². The molecule has 0 aromatic heterocycles. The van der Waals surface area contributed by atoms with Crippen molar-refractivity contribution in [1.29, 1.82) is 0 Å². The second-order valence-electron chi connectivity index (χ2n) is 6.41. The molecule has 0 radical (unpaired) electrons. The number of nitrogens with one attached hydrogen (secondary N) is 1. The molecule has 3 amide bonds. The molecule has 0 spiro atoms. The van der Waals surface area contributed by atoms with E-state index in [9.17, 15) is 9.59 Å². The van der Waals surface area contributed by atoms with Crippen LogP contribution in [0.3, 0.4) is 0 Å². The number of benzene rings is 1. The van der Waals surface area contributed by atoms with Crippen LogP contribution in [0.1, 0.15) is 42.0 Å². The van der Waals surface area contributed by atoms with E-state index in [0.717, 1.165) is 19.4 Å². The predicted molar refractivity (Wildman–Crippen MR) is 91.3 cm³/mol. The Bertz CT molecular complexity index is 584. The third kappa shape index (κ3) is 4.03. The smallest absolute Gasteiger partial charge is 0.317 e. The van der Waals surface area contributed by atoms with E-state index in [0.29, 0.717) is 13.0 Å². The summed E-state index contributed by atoms with van der Waals surface area (Å²) in [4.78, 5) is 27.5. The largest absolute Gasteiger partial charge is 0.349 e. The molecule has 126 valence electrons. The van der Waals surface area contributed by atoms with Crippen molar-refractivity contribution in [1.82, 2.24) is 15.1 Å². The Balaban J connectivity index is 2.00. The van der Waals surface area contributed by atoms with Crippen LogP contribution in [-0.2, 0) is 4.79 Å². The molecule has 1 aromatic rings. The Morgan fingerprint density at radius 3 is 2.74 bits per heavy atom. The van der Waals surface area contributed by atoms with Crippen molar-refractivity contribution in [3.63, 3.8) is 0 Å². The number of likely N-dealkylation sites (tertiary alicyclic amines) is 1. The van der Waals surface area contributed by atoms with Crippen molar-refractivity contribution in [2.24, 2.45) is 0 Å². The first-order valence-electron chi connectivity index (χ1n) is 8.22. The molecular formula is C18H27N3O2. The van der Waals surface area contributed by atoms with Gasteiger partial charge in [0.15, 0.2) is 0 Å². The van der Waals surface area contributed by atoms with Gasteiger partial charge in [-0.05, 0) is 43.4 Å². The van der Waals surface area contributed by atoms with Crippen molar-refractivity contribution in [2.45, 2.75) is 39.2 Å². The first kappa shape index (κ1) is 17.3. The number of carbonyl (C=O) groups excluding carboxylic acids is 2. The minimum atomic E-state index is -0.0695. The van der Waals surface area contributed by atoms with E-state index < -0.39 is 0 Å². The Kier molecular flexibility index (Phi) is 5.64. The molecule has 1 heterocycles. The van der Waals surface area contributed by atoms with Gasteiger partial charge < -0.3 is 15.1 Å². The summed E-state index contributed by atoms with van der Waals surface area (Å²) in [6, 6.07) is 6.35. The van der Waals surface area contributed by atoms with Crippen molar-refractivity contribution < 1.29 is 9.59 Å². The maximum Gasteiger partial charge on any atom is 0.317 e. The summed E-state index contributed by atoms with van der Waals surface area (Å²) in [7, 11) is 3.45. The second-order valence-corrected chi connectivity index (χ2v) is 6.41. The zero-order valence-electron chi connectivity index (χ0n) is 14.6. The maximum atomic E-state index is 12.5. The molecule has 0 saturated carbocycles. The van der Waals surface area contributed by atoms with Gasteiger partial charge in [0.05, 0.1) is 6.04 Å². The number of amides is 3. The summed E-state index contributed by atoms with van der Waals surface area (Å²) >= 11 is 0. The first-order chi connectivity index (χ1) is 10.9. The number of nitrogens with zero attached hydrogens (tertiary/aromatic N) is 2. The van der Waals surface area contributed by atoms with Crippen LogP contribution in [0, 0.1) is 13.8 Å². The minimum Gasteiger partial charge on any atom is -0.349 e. The Morgan fingerprint density at radius 1 is 1.30 bits per heavy atom. The SMILES string of the molecule is Cc1cccc([C@H]2CCCN2C(=O)NCCC(=O)N(C)C)c1C. The molecule has 1 saturated heterocycles. The highest BCUT2D eigenvalue weighted by molar-refractivity contribution is 5.78. The summed E-state index contributed by atoms with van der Waals surface area (Å²) < 4.78 is 0. The quantitative estimate of drug-likeness (QED) is 0.928. The molecular weight excluding hydrogens is 290 g/mol. The number of hydrogen-bond donors (Lipinski definition) is 1. The molecule has 0 bridgehead atoms. The van der Waals surface area contributed by atoms with Crippen LogP contribution in [0.25, 0.3) is 0 Å². The molecule has 5 heteroatoms. The normalized spacial score (nSPS) is 17.2. The fraction of sp³-hybridized carbons (Fsp3) is 0.556. The Hall–Kier alpha value is -2.04. The number of urea groups is 1. The molecule has 2 rings (SSSR count). The molecule has 23 heavy (non-hydrogen) atoms. The molecule has 1 N–H and O–H groups in total. The van der Waals surface area contributed by atoms with Crippen LogP contribution in [-0.4, -0.2) is 48.9 Å². The van der Waals surface area contributed by atoms with Crippen LogP contribution < -0.4 is 5.32 Å². The lowest BCUT2D eigenvalue weighted by atomic mass is 9.96. The highest BCUT2D eigenvalue weighted by Crippen LogP contribution is 2.34. The van der Waals surface area contributed by atoms with Gasteiger partial charge in [-0.2, -0.15) is 0 Å². The van der Waals surface area contributed by atoms with Gasteiger partial charge in [0, 0.05) is 33.6 Å². The molecule has 1 aromatic carbocycles. The first-order valence-corrected chi connectivity index (χ1v) is 8.22. The molecule has 1 fully saturated rings. The van der Waals surface area contributed by atoms with Crippen molar-refractivity contribution in [3.05, 3.63) is 34.9 Å². The summed E-state index contributed by atoms with van der Waals surface area (Å²) in [6.07, 6.45) is 2.34. The summed E-state index contributed by atoms with van der Waals surface area (Å²) in [5, 5.41) is 2.88. The average molecular weight is 317 g/mol. The number of carbonyl (C=O) groups is 2. The van der Waals surface area contributed by atoms with Crippen LogP contribution in [0.4, 0.5) is 4.79 Å². The van der Waals surface area contributed by atoms with E-state index in [4.69, 9.17) is 0 Å². The van der Waals surface area contributed by atoms with Gasteiger partial charge in [-0.3, -0.25) is 4.79 Å². The zero-order valence-corrected chi connectivity index (χ0v) is 14.6. The maximum absolute atomic E-state index is 12.5. The van der Waals surface area contributed by atoms with Gasteiger partial charge >= 0.3 is 6.03 Å². The molecule has 5 nitrogen and oxygen atoms in total. The highest BCUT2D eigenvalue weighted by atomic mass is 16.2. The molecule has 1 atom stereocenters. The van der Waals surface area contributed by atoms with Crippen LogP contribution >= 0.6 is 0 Å². The standard InChI is InChI=1S/C18H27N3O2/c1-13-7-5-8-15(14(13)2)16-9-6-12-21(16)18(23)19-11-10-17(22)20(3)4/h5,7-8,16H,6,9-12H2,1-4H3,(H,19,23)/t16-/m1/s1. The van der Waals surface area contributed by atoms with Gasteiger partial charge in [0.25, 0.3) is 0 Å². The third-order valence-corrected chi connectivity index (χ3v) is 4.63. The highest BCUT2D eigenvalue weighted by Gasteiger charge is 2.30. The van der Waals surface area contributed by atoms with Crippen LogP contribution in [0.5, 0.6) is 0 Å². The lowest BCUT2D eigenvalue weighted by Crippen LogP contribution is -2.41. The second kappa shape index (κ2) is 7.49. The zero-order chi connectivity index (χ0) is 17.0. The number of rotatable bonds is 4. The molecule has 1 aliphatic heterocycles. The van der Waals surface area contributed by atoms with E-state index in [1.165, 1.54) is 16.7 Å². The van der Waals surface area contributed by atoms with E-state index in [2.05, 4.69) is 37.4 Å². The average Bonchev–Trinajstić information content (AvgIpc) is 2.99. The van der Waals surface area contributed by atoms with Crippen LogP contribution in [0.2, 0.25) is 0 Å². The molecule has 1 aliphatic rings. The number of aryl methyl sites for hydroxylation is 1. The van der Waals surface area contributed by atoms with Crippen LogP contribution in [0.15, 0.2) is 18.2 Å². The van der Waals surface area contributed by atoms with Crippen molar-refractivity contribution in [3.8, 4) is 0 Å². The van der Waals surface area contributed by atoms with Gasteiger partial charge in [-0.15, -0.1) is 0 Å². The Morgan fingerprint density at radius 2 is 2.04 bits per heavy atom. The van der Waals surface area contributed by atoms with Gasteiger partial charge in [0.1, 0.15) is 0 Å². The van der Waals surface area contributed by atoms with E-state index >= 15 is 0 Å². The van der Waals surface area contributed by atoms with E-state index in [1.54, 1.807) is 19.0 Å². The van der Waals surface area contributed by atoms with E-state index in [1.807, 2.05) is 4.90 Å². The summed E-state index contributed by atoms with van der Waals surface area (Å²) in [5.74, 6) is 0.0257. The lowest BCUT2D eigenvalue weighted by molar-refractivity contribution is -0.128. The lowest BCUT2D eigenvalue weighted by Gasteiger charge is -2.27. The third-order valence-electron chi connectivity index (χ3n) is 4.63. The fourth-order valence-electron chi connectivity index (χ4n) is 3.07. The monoisotopic (exact) mass is 317 g/mol. The molecule has 0 aliphatic carbocycles.